The Kier molecular flexibility index (Phi) is 8.25. The summed E-state index contributed by atoms with van der Waals surface area (Å²) in [5, 5.41) is 3.42. The Morgan fingerprint density at radius 1 is 1.12 bits per heavy atom. The molecule has 0 bridgehead atoms. The summed E-state index contributed by atoms with van der Waals surface area (Å²) in [5.41, 5.74) is 1.44. The molecular formula is C21H33ClN2O. The summed E-state index contributed by atoms with van der Waals surface area (Å²) >= 11 is 0. The Labute approximate surface area is 159 Å². The molecule has 0 spiro atoms. The van der Waals surface area contributed by atoms with Gasteiger partial charge in [0.1, 0.15) is 0 Å². The molecule has 3 nitrogen and oxygen atoms in total. The molecule has 1 N–H and O–H groups in total. The number of nitrogens with zero attached hydrogens (tertiary/aromatic N) is 1. The van der Waals surface area contributed by atoms with Gasteiger partial charge in [0.25, 0.3) is 0 Å². The van der Waals surface area contributed by atoms with E-state index in [4.69, 9.17) is 0 Å². The van der Waals surface area contributed by atoms with Gasteiger partial charge in [0.15, 0.2) is 0 Å². The molecule has 3 rings (SSSR count). The first-order chi connectivity index (χ1) is 11.7. The topological polar surface area (TPSA) is 32.3 Å². The number of likely N-dealkylation sites (tertiary alicyclic amines) is 1. The maximum absolute atomic E-state index is 12.8. The summed E-state index contributed by atoms with van der Waals surface area (Å²) in [7, 11) is 0. The quantitative estimate of drug-likeness (QED) is 0.867. The molecule has 2 aliphatic heterocycles. The van der Waals surface area contributed by atoms with Crippen molar-refractivity contribution in [1.29, 1.82) is 0 Å². The van der Waals surface area contributed by atoms with Gasteiger partial charge in [-0.15, -0.1) is 12.4 Å². The molecule has 1 aromatic rings. The summed E-state index contributed by atoms with van der Waals surface area (Å²) < 4.78 is 0. The first kappa shape index (κ1) is 20.3. The lowest BCUT2D eigenvalue weighted by Gasteiger charge is -2.30. The average Bonchev–Trinajstić information content (AvgIpc) is 2.89. The normalized spacial score (nSPS) is 23.4. The van der Waals surface area contributed by atoms with Crippen LogP contribution in [0.15, 0.2) is 30.3 Å². The number of rotatable bonds is 4. The van der Waals surface area contributed by atoms with Gasteiger partial charge in [-0.1, -0.05) is 37.3 Å². The van der Waals surface area contributed by atoms with Gasteiger partial charge in [-0.25, -0.2) is 0 Å². The monoisotopic (exact) mass is 364 g/mol. The van der Waals surface area contributed by atoms with Crippen LogP contribution in [0.1, 0.15) is 56.9 Å². The van der Waals surface area contributed by atoms with Crippen molar-refractivity contribution in [2.75, 3.05) is 26.2 Å². The fraction of sp³-hybridized carbons (Fsp3) is 0.667. The molecule has 2 atom stereocenters. The Morgan fingerprint density at radius 2 is 1.84 bits per heavy atom. The third-order valence-corrected chi connectivity index (χ3v) is 6.04. The number of benzene rings is 1. The van der Waals surface area contributed by atoms with Crippen LogP contribution < -0.4 is 5.32 Å². The second kappa shape index (κ2) is 10.2. The highest BCUT2D eigenvalue weighted by atomic mass is 35.5. The van der Waals surface area contributed by atoms with Crippen molar-refractivity contribution in [3.63, 3.8) is 0 Å². The summed E-state index contributed by atoms with van der Waals surface area (Å²) in [6.07, 6.45) is 6.64. The lowest BCUT2D eigenvalue weighted by molar-refractivity contribution is -0.132. The number of halogens is 1. The van der Waals surface area contributed by atoms with E-state index in [9.17, 15) is 4.79 Å². The molecule has 4 heteroatoms. The highest BCUT2D eigenvalue weighted by Crippen LogP contribution is 2.29. The summed E-state index contributed by atoms with van der Waals surface area (Å²) in [6, 6.07) is 10.8. The zero-order valence-corrected chi connectivity index (χ0v) is 16.3. The lowest BCUT2D eigenvalue weighted by Crippen LogP contribution is -2.36. The molecule has 0 radical (unpaired) electrons. The first-order valence-electron chi connectivity index (χ1n) is 9.77. The number of nitrogens with one attached hydrogen (secondary N) is 1. The molecule has 2 fully saturated rings. The number of carbonyl (C=O) groups is 1. The van der Waals surface area contributed by atoms with E-state index in [1.54, 1.807) is 0 Å². The molecule has 0 saturated carbocycles. The van der Waals surface area contributed by atoms with Crippen molar-refractivity contribution in [3.05, 3.63) is 35.9 Å². The van der Waals surface area contributed by atoms with Crippen molar-refractivity contribution in [3.8, 4) is 0 Å². The number of hydrogen-bond donors (Lipinski definition) is 1. The van der Waals surface area contributed by atoms with Crippen LogP contribution in [0.4, 0.5) is 0 Å². The van der Waals surface area contributed by atoms with Crippen LogP contribution in [0.5, 0.6) is 0 Å². The van der Waals surface area contributed by atoms with E-state index >= 15 is 0 Å². The van der Waals surface area contributed by atoms with E-state index in [1.165, 1.54) is 24.8 Å². The molecule has 25 heavy (non-hydrogen) atoms. The zero-order valence-electron chi connectivity index (χ0n) is 15.5. The lowest BCUT2D eigenvalue weighted by atomic mass is 9.84. The zero-order chi connectivity index (χ0) is 16.8. The van der Waals surface area contributed by atoms with Crippen LogP contribution >= 0.6 is 12.4 Å². The molecule has 2 saturated heterocycles. The van der Waals surface area contributed by atoms with Crippen molar-refractivity contribution < 1.29 is 4.79 Å². The van der Waals surface area contributed by atoms with Gasteiger partial charge < -0.3 is 10.2 Å². The Bertz CT molecular complexity index is 516. The fourth-order valence-electron chi connectivity index (χ4n) is 4.39. The van der Waals surface area contributed by atoms with E-state index in [0.717, 1.165) is 51.4 Å². The fourth-order valence-corrected chi connectivity index (χ4v) is 4.39. The molecule has 2 aliphatic rings. The van der Waals surface area contributed by atoms with Crippen molar-refractivity contribution in [1.82, 2.24) is 10.2 Å². The largest absolute Gasteiger partial charge is 0.343 e. The summed E-state index contributed by atoms with van der Waals surface area (Å²) in [6.45, 7) is 6.38. The minimum absolute atomic E-state index is 0. The summed E-state index contributed by atoms with van der Waals surface area (Å²) in [4.78, 5) is 14.9. The molecule has 2 unspecified atom stereocenters. The third kappa shape index (κ3) is 5.72. The predicted molar refractivity (Wildman–Crippen MR) is 106 cm³/mol. The van der Waals surface area contributed by atoms with Crippen LogP contribution in [0, 0.1) is 11.8 Å². The molecular weight excluding hydrogens is 332 g/mol. The summed E-state index contributed by atoms with van der Waals surface area (Å²) in [5.74, 6) is 2.24. The average molecular weight is 365 g/mol. The maximum Gasteiger partial charge on any atom is 0.222 e. The van der Waals surface area contributed by atoms with E-state index < -0.39 is 0 Å². The van der Waals surface area contributed by atoms with Crippen LogP contribution in [0.25, 0.3) is 0 Å². The van der Waals surface area contributed by atoms with Gasteiger partial charge in [0.2, 0.25) is 5.91 Å². The first-order valence-corrected chi connectivity index (χ1v) is 9.77. The van der Waals surface area contributed by atoms with E-state index in [2.05, 4.69) is 47.5 Å². The molecule has 0 aromatic heterocycles. The van der Waals surface area contributed by atoms with Gasteiger partial charge in [0.05, 0.1) is 0 Å². The van der Waals surface area contributed by atoms with E-state index in [1.807, 2.05) is 0 Å². The molecule has 2 heterocycles. The maximum atomic E-state index is 12.8. The molecule has 1 aromatic carbocycles. The highest BCUT2D eigenvalue weighted by Gasteiger charge is 2.26. The number of amides is 1. The SMILES string of the molecule is CC(CC(=O)N1CCCC(c2ccccc2)CC1)C1CCNCC1.Cl. The van der Waals surface area contributed by atoms with Gasteiger partial charge in [-0.2, -0.15) is 0 Å². The van der Waals surface area contributed by atoms with Crippen molar-refractivity contribution in [2.24, 2.45) is 11.8 Å². The predicted octanol–water partition coefficient (Wildman–Crippen LogP) is 4.23. The highest BCUT2D eigenvalue weighted by molar-refractivity contribution is 5.85. The van der Waals surface area contributed by atoms with Gasteiger partial charge in [-0.05, 0) is 68.5 Å². The third-order valence-electron chi connectivity index (χ3n) is 6.04. The van der Waals surface area contributed by atoms with E-state index in [0.29, 0.717) is 17.7 Å². The Hall–Kier alpha value is -1.06. The number of piperidine rings is 1. The second-order valence-corrected chi connectivity index (χ2v) is 7.69. The smallest absolute Gasteiger partial charge is 0.222 e. The van der Waals surface area contributed by atoms with Crippen LogP contribution in [-0.2, 0) is 4.79 Å². The van der Waals surface area contributed by atoms with Crippen LogP contribution in [0.3, 0.4) is 0 Å². The Morgan fingerprint density at radius 3 is 2.56 bits per heavy atom. The number of hydrogen-bond acceptors (Lipinski definition) is 2. The van der Waals surface area contributed by atoms with Crippen LogP contribution in [-0.4, -0.2) is 37.0 Å². The molecule has 0 aliphatic carbocycles. The molecule has 140 valence electrons. The van der Waals surface area contributed by atoms with E-state index in [-0.39, 0.29) is 12.4 Å². The molecule has 1 amide bonds. The van der Waals surface area contributed by atoms with Crippen LogP contribution in [0.2, 0.25) is 0 Å². The minimum Gasteiger partial charge on any atom is -0.343 e. The standard InChI is InChI=1S/C21H32N2O.ClH/c1-17(18-9-12-22-13-10-18)16-21(24)23-14-5-8-20(11-15-23)19-6-3-2-4-7-19;/h2-4,6-7,17-18,20,22H,5,8-16H2,1H3;1H. The van der Waals surface area contributed by atoms with Gasteiger partial charge in [0, 0.05) is 19.5 Å². The minimum atomic E-state index is 0. The Balaban J connectivity index is 0.00000225. The second-order valence-electron chi connectivity index (χ2n) is 7.69. The van der Waals surface area contributed by atoms with Crippen molar-refractivity contribution in [2.45, 2.75) is 51.4 Å². The van der Waals surface area contributed by atoms with Crippen molar-refractivity contribution >= 4 is 18.3 Å². The van der Waals surface area contributed by atoms with Gasteiger partial charge in [-0.3, -0.25) is 4.79 Å². The number of carbonyl (C=O) groups excluding carboxylic acids is 1. The van der Waals surface area contributed by atoms with Gasteiger partial charge >= 0.3 is 0 Å².